The van der Waals surface area contributed by atoms with Crippen molar-refractivity contribution in [1.82, 2.24) is 9.55 Å². The molecule has 0 radical (unpaired) electrons. The Labute approximate surface area is 216 Å². The van der Waals surface area contributed by atoms with Gasteiger partial charge in [0.25, 0.3) is 11.6 Å². The summed E-state index contributed by atoms with van der Waals surface area (Å²) in [6, 6.07) is 21.9. The van der Waals surface area contributed by atoms with Crippen LogP contribution in [0.25, 0.3) is 10.9 Å². The first-order chi connectivity index (χ1) is 18.0. The van der Waals surface area contributed by atoms with Crippen LogP contribution in [0.1, 0.15) is 54.1 Å². The Kier molecular flexibility index (Phi) is 6.95. The van der Waals surface area contributed by atoms with Crippen molar-refractivity contribution in [3.63, 3.8) is 0 Å². The summed E-state index contributed by atoms with van der Waals surface area (Å²) in [6.45, 7) is 0. The van der Waals surface area contributed by atoms with Crippen LogP contribution in [-0.4, -0.2) is 34.8 Å². The maximum absolute atomic E-state index is 14.0. The summed E-state index contributed by atoms with van der Waals surface area (Å²) in [7, 11) is 3.23. The van der Waals surface area contributed by atoms with Crippen molar-refractivity contribution in [2.24, 2.45) is 5.92 Å². The van der Waals surface area contributed by atoms with E-state index in [1.807, 2.05) is 54.4 Å². The highest BCUT2D eigenvalue weighted by Crippen LogP contribution is 2.38. The lowest BCUT2D eigenvalue weighted by Gasteiger charge is -2.32. The topological polar surface area (TPSA) is 84.7 Å². The third-order valence-electron chi connectivity index (χ3n) is 7.42. The number of carbonyl (C=O) groups is 1. The zero-order valence-corrected chi connectivity index (χ0v) is 21.1. The van der Waals surface area contributed by atoms with E-state index in [1.165, 1.54) is 18.1 Å². The monoisotopic (exact) mass is 497 g/mol. The highest BCUT2D eigenvalue weighted by Gasteiger charge is 2.30. The fraction of sp³-hybridized carbons (Fsp3) is 0.300. The zero-order valence-electron chi connectivity index (χ0n) is 21.1. The van der Waals surface area contributed by atoms with Gasteiger partial charge in [0, 0.05) is 18.4 Å². The van der Waals surface area contributed by atoms with Crippen LogP contribution < -0.4 is 10.5 Å². The molecule has 1 saturated carbocycles. The minimum atomic E-state index is -0.411. The Hall–Kier alpha value is -4.13. The zero-order chi connectivity index (χ0) is 25.9. The fourth-order valence-electron chi connectivity index (χ4n) is 5.47. The second kappa shape index (κ2) is 10.5. The molecule has 0 bridgehead atoms. The second-order valence-electron chi connectivity index (χ2n) is 9.64. The molecule has 1 unspecified atom stereocenters. The van der Waals surface area contributed by atoms with E-state index < -0.39 is 5.97 Å². The Morgan fingerprint density at radius 1 is 1.00 bits per heavy atom. The van der Waals surface area contributed by atoms with Gasteiger partial charge in [0.05, 0.1) is 29.6 Å². The summed E-state index contributed by atoms with van der Waals surface area (Å²) < 4.78 is 6.33. The molecule has 0 aliphatic heterocycles. The van der Waals surface area contributed by atoms with E-state index in [1.54, 1.807) is 30.3 Å². The number of rotatable bonds is 6. The van der Waals surface area contributed by atoms with Crippen LogP contribution in [0.2, 0.25) is 0 Å². The molecule has 190 valence electrons. The van der Waals surface area contributed by atoms with Crippen LogP contribution in [0.4, 0.5) is 11.4 Å². The minimum absolute atomic E-state index is 0.242. The van der Waals surface area contributed by atoms with E-state index in [0.717, 1.165) is 42.6 Å². The maximum atomic E-state index is 14.0. The molecule has 1 aliphatic carbocycles. The highest BCUT2D eigenvalue weighted by atomic mass is 16.5. The molecular weight excluding hydrogens is 466 g/mol. The summed E-state index contributed by atoms with van der Waals surface area (Å²) in [5, 5.41) is 11.4. The molecule has 1 aromatic heterocycles. The number of nitrogens with zero attached hydrogens (tertiary/aromatic N) is 3. The van der Waals surface area contributed by atoms with Gasteiger partial charge in [0.15, 0.2) is 0 Å². The molecule has 3 aromatic carbocycles. The number of esters is 1. The lowest BCUT2D eigenvalue weighted by Crippen LogP contribution is -2.32. The van der Waals surface area contributed by atoms with Crippen LogP contribution in [0.15, 0.2) is 77.6 Å². The summed E-state index contributed by atoms with van der Waals surface area (Å²) in [4.78, 5) is 32.3. The van der Waals surface area contributed by atoms with E-state index >= 15 is 0 Å². The van der Waals surface area contributed by atoms with Crippen LogP contribution in [0.5, 0.6) is 6.01 Å². The lowest BCUT2D eigenvalue weighted by molar-refractivity contribution is 0.0600. The van der Waals surface area contributed by atoms with Crippen molar-refractivity contribution in [2.45, 2.75) is 38.1 Å². The average molecular weight is 498 g/mol. The van der Waals surface area contributed by atoms with Crippen molar-refractivity contribution < 1.29 is 14.6 Å². The number of anilines is 2. The van der Waals surface area contributed by atoms with Gasteiger partial charge in [-0.05, 0) is 60.7 Å². The van der Waals surface area contributed by atoms with E-state index in [-0.39, 0.29) is 23.5 Å². The standard InChI is InChI=1S/C30H31N3O4/c1-32(23-15-9-14-22(18-23)29(35)37-2)24-16-17-26-25(19-24)28(34)33(30(36)31-26)27(20-10-5-3-6-11-20)21-12-7-4-8-13-21/h3,5-6,9-11,14-19,21,27H,4,7-8,12-13H2,1-2H3,(H,31,36). The number of methoxy groups -OCH3 is 1. The SMILES string of the molecule is COC(=O)c1cccc(N(C)c2ccc3nc(O)n(C(c4ccccc4)C4CCCCC4)c(=O)c3c2)c1. The molecule has 7 nitrogen and oxygen atoms in total. The summed E-state index contributed by atoms with van der Waals surface area (Å²) in [5.41, 5.74) is 3.16. The number of ether oxygens (including phenoxy) is 1. The van der Waals surface area contributed by atoms with Crippen molar-refractivity contribution in [1.29, 1.82) is 0 Å². The molecule has 1 atom stereocenters. The first-order valence-electron chi connectivity index (χ1n) is 12.7. The molecule has 7 heteroatoms. The molecule has 0 amide bonds. The van der Waals surface area contributed by atoms with E-state index in [9.17, 15) is 14.7 Å². The molecule has 1 N–H and O–H groups in total. The third kappa shape index (κ3) is 4.81. The second-order valence-corrected chi connectivity index (χ2v) is 9.64. The molecule has 1 fully saturated rings. The van der Waals surface area contributed by atoms with Crippen LogP contribution in [-0.2, 0) is 4.74 Å². The van der Waals surface area contributed by atoms with Crippen LogP contribution >= 0.6 is 0 Å². The first kappa shape index (κ1) is 24.6. The van der Waals surface area contributed by atoms with E-state index in [0.29, 0.717) is 16.5 Å². The number of carbonyl (C=O) groups excluding carboxylic acids is 1. The van der Waals surface area contributed by atoms with Gasteiger partial charge in [-0.1, -0.05) is 55.7 Å². The predicted octanol–water partition coefficient (Wildman–Crippen LogP) is 5.83. The van der Waals surface area contributed by atoms with Crippen LogP contribution in [0.3, 0.4) is 0 Å². The number of hydrogen-bond donors (Lipinski definition) is 1. The summed E-state index contributed by atoms with van der Waals surface area (Å²) in [5.74, 6) is -0.170. The smallest absolute Gasteiger partial charge is 0.337 e. The van der Waals surface area contributed by atoms with Gasteiger partial charge >= 0.3 is 5.97 Å². The molecule has 0 spiro atoms. The number of hydrogen-bond acceptors (Lipinski definition) is 6. The van der Waals surface area contributed by atoms with E-state index in [4.69, 9.17) is 4.74 Å². The molecular formula is C30H31N3O4. The average Bonchev–Trinajstić information content (AvgIpc) is 2.95. The number of benzene rings is 3. The number of aromatic nitrogens is 2. The van der Waals surface area contributed by atoms with Gasteiger partial charge in [-0.2, -0.15) is 4.98 Å². The minimum Gasteiger partial charge on any atom is -0.480 e. The number of aromatic hydroxyl groups is 1. The fourth-order valence-corrected chi connectivity index (χ4v) is 5.47. The van der Waals surface area contributed by atoms with Gasteiger partial charge in [0.1, 0.15) is 0 Å². The molecule has 5 rings (SSSR count). The van der Waals surface area contributed by atoms with Gasteiger partial charge in [-0.15, -0.1) is 0 Å². The Bertz CT molecular complexity index is 1480. The Morgan fingerprint density at radius 3 is 2.46 bits per heavy atom. The van der Waals surface area contributed by atoms with Crippen LogP contribution in [0, 0.1) is 5.92 Å². The predicted molar refractivity (Wildman–Crippen MR) is 145 cm³/mol. The van der Waals surface area contributed by atoms with Crippen molar-refractivity contribution in [3.05, 3.63) is 94.3 Å². The molecule has 37 heavy (non-hydrogen) atoms. The van der Waals surface area contributed by atoms with Crippen molar-refractivity contribution in [2.75, 3.05) is 19.1 Å². The molecule has 1 aliphatic rings. The van der Waals surface area contributed by atoms with E-state index in [2.05, 4.69) is 4.98 Å². The Balaban J connectivity index is 1.61. The van der Waals surface area contributed by atoms with Crippen molar-refractivity contribution >= 4 is 28.2 Å². The van der Waals surface area contributed by atoms with Gasteiger partial charge in [-0.3, -0.25) is 9.36 Å². The highest BCUT2D eigenvalue weighted by molar-refractivity contribution is 5.91. The van der Waals surface area contributed by atoms with Crippen molar-refractivity contribution in [3.8, 4) is 6.01 Å². The van der Waals surface area contributed by atoms with Gasteiger partial charge in [0.2, 0.25) is 0 Å². The van der Waals surface area contributed by atoms with Gasteiger partial charge in [-0.25, -0.2) is 4.79 Å². The third-order valence-corrected chi connectivity index (χ3v) is 7.42. The first-order valence-corrected chi connectivity index (χ1v) is 12.7. The molecule has 4 aromatic rings. The molecule has 1 heterocycles. The number of fused-ring (bicyclic) bond motifs is 1. The Morgan fingerprint density at radius 2 is 1.73 bits per heavy atom. The summed E-state index contributed by atoms with van der Waals surface area (Å²) in [6.07, 6.45) is 5.43. The largest absolute Gasteiger partial charge is 0.480 e. The molecule has 0 saturated heterocycles. The maximum Gasteiger partial charge on any atom is 0.337 e. The van der Waals surface area contributed by atoms with Gasteiger partial charge < -0.3 is 14.7 Å². The lowest BCUT2D eigenvalue weighted by atomic mass is 9.81. The summed E-state index contributed by atoms with van der Waals surface area (Å²) >= 11 is 0. The quantitative estimate of drug-likeness (QED) is 0.338. The normalized spacial score (nSPS) is 14.9.